The molecule has 8 heteroatoms. The molecule has 114 valence electrons. The van der Waals surface area contributed by atoms with Crippen LogP contribution in [0.5, 0.6) is 0 Å². The van der Waals surface area contributed by atoms with Gasteiger partial charge in [-0.2, -0.15) is 0 Å². The van der Waals surface area contributed by atoms with Crippen molar-refractivity contribution >= 4 is 40.3 Å². The maximum atomic E-state index is 10.8. The quantitative estimate of drug-likeness (QED) is 0.484. The normalized spacial score (nSPS) is 19.0. The molecule has 1 aromatic rings. The summed E-state index contributed by atoms with van der Waals surface area (Å²) in [4.78, 5) is 13.9. The standard InChI is InChI=1S/C13H17ClN4O2S/c1-16-5-2-6-17(8-7-16)13(21)15-12-9-10(18(19)20)3-4-11(12)14/h3-4,9H,2,5-8H2,1H3,(H,15,21)/p+1. The number of halogens is 1. The number of non-ortho nitro benzene ring substituents is 1. The Balaban J connectivity index is 2.08. The van der Waals surface area contributed by atoms with Crippen molar-refractivity contribution in [1.82, 2.24) is 4.90 Å². The third kappa shape index (κ3) is 4.26. The van der Waals surface area contributed by atoms with Crippen LogP contribution >= 0.6 is 23.8 Å². The molecule has 0 aromatic heterocycles. The molecule has 1 unspecified atom stereocenters. The number of hydrogen-bond donors (Lipinski definition) is 2. The van der Waals surface area contributed by atoms with Gasteiger partial charge in [0.25, 0.3) is 5.69 Å². The predicted octanol–water partition coefficient (Wildman–Crippen LogP) is 1.17. The Kier molecular flexibility index (Phi) is 5.33. The smallest absolute Gasteiger partial charge is 0.271 e. The number of nitrogens with one attached hydrogen (secondary N) is 2. The van der Waals surface area contributed by atoms with Gasteiger partial charge < -0.3 is 15.1 Å². The highest BCUT2D eigenvalue weighted by Gasteiger charge is 2.18. The average Bonchev–Trinajstić information content (AvgIpc) is 2.65. The molecule has 0 saturated carbocycles. The second-order valence-electron chi connectivity index (χ2n) is 5.15. The highest BCUT2D eigenvalue weighted by Crippen LogP contribution is 2.26. The van der Waals surface area contributed by atoms with E-state index in [1.165, 1.54) is 23.1 Å². The van der Waals surface area contributed by atoms with Crippen LogP contribution in [-0.4, -0.2) is 48.2 Å². The van der Waals surface area contributed by atoms with E-state index >= 15 is 0 Å². The van der Waals surface area contributed by atoms with Crippen LogP contribution < -0.4 is 10.2 Å². The van der Waals surface area contributed by atoms with E-state index in [0.29, 0.717) is 15.8 Å². The van der Waals surface area contributed by atoms with Crippen molar-refractivity contribution in [1.29, 1.82) is 0 Å². The molecule has 1 aliphatic rings. The summed E-state index contributed by atoms with van der Waals surface area (Å²) < 4.78 is 0. The number of anilines is 1. The van der Waals surface area contributed by atoms with E-state index < -0.39 is 4.92 Å². The highest BCUT2D eigenvalue weighted by atomic mass is 35.5. The minimum absolute atomic E-state index is 0.00950. The van der Waals surface area contributed by atoms with Crippen molar-refractivity contribution < 1.29 is 9.82 Å². The van der Waals surface area contributed by atoms with E-state index in [0.717, 1.165) is 32.6 Å². The van der Waals surface area contributed by atoms with Crippen molar-refractivity contribution in [3.63, 3.8) is 0 Å². The summed E-state index contributed by atoms with van der Waals surface area (Å²) in [5.74, 6) is 0. The minimum Gasteiger partial charge on any atom is -0.343 e. The summed E-state index contributed by atoms with van der Waals surface area (Å²) in [6, 6.07) is 4.29. The first-order valence-corrected chi connectivity index (χ1v) is 7.57. The SMILES string of the molecule is C[NH+]1CCCN(C(=S)Nc2cc([N+](=O)[O-])ccc2Cl)CC1. The number of thiocarbonyl (C=S) groups is 1. The Hall–Kier alpha value is -1.44. The minimum atomic E-state index is -0.450. The number of benzene rings is 1. The van der Waals surface area contributed by atoms with Gasteiger partial charge in [0.1, 0.15) is 0 Å². The zero-order valence-corrected chi connectivity index (χ0v) is 13.3. The summed E-state index contributed by atoms with van der Waals surface area (Å²) >= 11 is 11.5. The molecule has 2 rings (SSSR count). The summed E-state index contributed by atoms with van der Waals surface area (Å²) in [5, 5.41) is 14.8. The maximum Gasteiger partial charge on any atom is 0.271 e. The van der Waals surface area contributed by atoms with Crippen LogP contribution in [0.3, 0.4) is 0 Å². The summed E-state index contributed by atoms with van der Waals surface area (Å²) in [6.07, 6.45) is 1.07. The molecule has 1 saturated heterocycles. The Morgan fingerprint density at radius 1 is 1.48 bits per heavy atom. The fraction of sp³-hybridized carbons (Fsp3) is 0.462. The maximum absolute atomic E-state index is 10.8. The van der Waals surface area contributed by atoms with Crippen LogP contribution in [0.4, 0.5) is 11.4 Å². The fourth-order valence-electron chi connectivity index (χ4n) is 2.25. The summed E-state index contributed by atoms with van der Waals surface area (Å²) in [6.45, 7) is 3.89. The van der Waals surface area contributed by atoms with Crippen LogP contribution in [0.25, 0.3) is 0 Å². The number of likely N-dealkylation sites (N-methyl/N-ethyl adjacent to an activating group) is 1. The molecule has 0 amide bonds. The second kappa shape index (κ2) is 7.02. The number of nitro groups is 1. The predicted molar refractivity (Wildman–Crippen MR) is 87.1 cm³/mol. The van der Waals surface area contributed by atoms with Crippen molar-refractivity contribution in [3.05, 3.63) is 33.3 Å². The van der Waals surface area contributed by atoms with Gasteiger partial charge in [-0.1, -0.05) is 11.6 Å². The third-order valence-corrected chi connectivity index (χ3v) is 4.22. The van der Waals surface area contributed by atoms with Crippen LogP contribution in [0.15, 0.2) is 18.2 Å². The molecule has 1 aromatic carbocycles. The highest BCUT2D eigenvalue weighted by molar-refractivity contribution is 7.80. The first-order valence-electron chi connectivity index (χ1n) is 6.78. The molecular formula is C13H18ClN4O2S+. The van der Waals surface area contributed by atoms with Crippen molar-refractivity contribution in [2.45, 2.75) is 6.42 Å². The first-order chi connectivity index (χ1) is 9.97. The Labute approximate surface area is 133 Å². The lowest BCUT2D eigenvalue weighted by Gasteiger charge is -2.23. The molecule has 0 spiro atoms. The van der Waals surface area contributed by atoms with E-state index in [4.69, 9.17) is 23.8 Å². The molecular weight excluding hydrogens is 312 g/mol. The molecule has 6 nitrogen and oxygen atoms in total. The van der Waals surface area contributed by atoms with Gasteiger partial charge in [0.15, 0.2) is 5.11 Å². The van der Waals surface area contributed by atoms with Crippen LogP contribution in [0.2, 0.25) is 5.02 Å². The zero-order valence-electron chi connectivity index (χ0n) is 11.8. The molecule has 1 aliphatic heterocycles. The molecule has 1 atom stereocenters. The van der Waals surface area contributed by atoms with Crippen LogP contribution in [0.1, 0.15) is 6.42 Å². The van der Waals surface area contributed by atoms with Gasteiger partial charge in [-0.25, -0.2) is 0 Å². The average molecular weight is 330 g/mol. The van der Waals surface area contributed by atoms with Gasteiger partial charge in [0.05, 0.1) is 42.3 Å². The molecule has 0 bridgehead atoms. The molecule has 0 radical (unpaired) electrons. The van der Waals surface area contributed by atoms with Crippen molar-refractivity contribution in [2.75, 3.05) is 38.5 Å². The van der Waals surface area contributed by atoms with E-state index in [1.54, 1.807) is 0 Å². The van der Waals surface area contributed by atoms with Gasteiger partial charge in [0.2, 0.25) is 0 Å². The monoisotopic (exact) mass is 329 g/mol. The molecule has 1 heterocycles. The van der Waals surface area contributed by atoms with Gasteiger partial charge >= 0.3 is 0 Å². The van der Waals surface area contributed by atoms with E-state index in [1.807, 2.05) is 0 Å². The molecule has 2 N–H and O–H groups in total. The Morgan fingerprint density at radius 3 is 2.95 bits per heavy atom. The second-order valence-corrected chi connectivity index (χ2v) is 5.94. The first kappa shape index (κ1) is 15.9. The number of nitrogens with zero attached hydrogens (tertiary/aromatic N) is 2. The largest absolute Gasteiger partial charge is 0.343 e. The fourth-order valence-corrected chi connectivity index (χ4v) is 2.71. The van der Waals surface area contributed by atoms with E-state index in [9.17, 15) is 10.1 Å². The lowest BCUT2D eigenvalue weighted by molar-refractivity contribution is -0.877. The topological polar surface area (TPSA) is 62.8 Å². The van der Waals surface area contributed by atoms with E-state index in [-0.39, 0.29) is 5.69 Å². The summed E-state index contributed by atoms with van der Waals surface area (Å²) in [7, 11) is 2.16. The van der Waals surface area contributed by atoms with Gasteiger partial charge in [0, 0.05) is 25.1 Å². The van der Waals surface area contributed by atoms with Crippen molar-refractivity contribution in [2.24, 2.45) is 0 Å². The Bertz CT molecular complexity index is 555. The number of rotatable bonds is 2. The number of nitro benzene ring substituents is 1. The van der Waals surface area contributed by atoms with E-state index in [2.05, 4.69) is 17.3 Å². The van der Waals surface area contributed by atoms with Crippen LogP contribution in [0, 0.1) is 10.1 Å². The molecule has 21 heavy (non-hydrogen) atoms. The van der Waals surface area contributed by atoms with Gasteiger partial charge in [-0.05, 0) is 18.3 Å². The zero-order chi connectivity index (χ0) is 15.4. The number of quaternary nitrogens is 1. The lowest BCUT2D eigenvalue weighted by Crippen LogP contribution is -3.09. The molecule has 1 fully saturated rings. The third-order valence-electron chi connectivity index (χ3n) is 3.53. The summed E-state index contributed by atoms with van der Waals surface area (Å²) in [5.41, 5.74) is 0.463. The Morgan fingerprint density at radius 2 is 2.24 bits per heavy atom. The number of hydrogen-bond acceptors (Lipinski definition) is 3. The van der Waals surface area contributed by atoms with Gasteiger partial charge in [-0.3, -0.25) is 10.1 Å². The lowest BCUT2D eigenvalue weighted by atomic mass is 10.3. The van der Waals surface area contributed by atoms with Gasteiger partial charge in [-0.15, -0.1) is 0 Å². The van der Waals surface area contributed by atoms with Crippen molar-refractivity contribution in [3.8, 4) is 0 Å². The molecule has 0 aliphatic carbocycles. The van der Waals surface area contributed by atoms with Crippen LogP contribution in [-0.2, 0) is 0 Å².